The number of alkyl halides is 6. The summed E-state index contributed by atoms with van der Waals surface area (Å²) in [6, 6.07) is 1.22. The van der Waals surface area contributed by atoms with E-state index in [1.54, 1.807) is 0 Å². The molecule has 0 atom stereocenters. The van der Waals surface area contributed by atoms with E-state index in [1.165, 1.54) is 0 Å². The van der Waals surface area contributed by atoms with Crippen molar-refractivity contribution in [2.24, 2.45) is 0 Å². The number of rotatable bonds is 2. The molecule has 0 N–H and O–H groups in total. The molecular formula is C9H3F6NO3S. The highest BCUT2D eigenvalue weighted by molar-refractivity contribution is 7.88. The maximum absolute atomic E-state index is 12.6. The molecule has 0 heterocycles. The van der Waals surface area contributed by atoms with Gasteiger partial charge in [0.1, 0.15) is 0 Å². The lowest BCUT2D eigenvalue weighted by Crippen LogP contribution is -2.28. The van der Waals surface area contributed by atoms with Crippen LogP contribution in [0.15, 0.2) is 18.2 Å². The van der Waals surface area contributed by atoms with Gasteiger partial charge in [-0.3, -0.25) is 0 Å². The van der Waals surface area contributed by atoms with Crippen molar-refractivity contribution in [2.75, 3.05) is 0 Å². The predicted molar refractivity (Wildman–Crippen MR) is 53.3 cm³/mol. The minimum absolute atomic E-state index is 0.189. The Morgan fingerprint density at radius 2 is 1.65 bits per heavy atom. The molecule has 1 aromatic rings. The monoisotopic (exact) mass is 319 g/mol. The molecule has 110 valence electrons. The highest BCUT2D eigenvalue weighted by Crippen LogP contribution is 2.40. The van der Waals surface area contributed by atoms with Gasteiger partial charge in [-0.25, -0.2) is 4.85 Å². The first-order valence-electron chi connectivity index (χ1n) is 4.48. The molecule has 4 nitrogen and oxygen atoms in total. The molecule has 0 amide bonds. The summed E-state index contributed by atoms with van der Waals surface area (Å²) in [4.78, 5) is 2.65. The van der Waals surface area contributed by atoms with Crippen LogP contribution in [0.2, 0.25) is 0 Å². The molecule has 0 saturated heterocycles. The molecule has 0 bridgehead atoms. The number of hydrogen-bond donors (Lipinski definition) is 0. The molecule has 0 aromatic heterocycles. The first kappa shape index (κ1) is 16.1. The number of nitrogens with zero attached hydrogens (tertiary/aromatic N) is 1. The molecule has 0 unspecified atom stereocenters. The Hall–Kier alpha value is -1.96. The zero-order valence-corrected chi connectivity index (χ0v) is 9.90. The van der Waals surface area contributed by atoms with Gasteiger partial charge in [0.05, 0.1) is 12.1 Å². The molecule has 0 aliphatic carbocycles. The zero-order valence-electron chi connectivity index (χ0n) is 9.08. The van der Waals surface area contributed by atoms with Crippen LogP contribution >= 0.6 is 0 Å². The maximum Gasteiger partial charge on any atom is 0.534 e. The van der Waals surface area contributed by atoms with Crippen LogP contribution in [0.5, 0.6) is 5.75 Å². The topological polar surface area (TPSA) is 47.7 Å². The lowest BCUT2D eigenvalue weighted by Gasteiger charge is -2.15. The quantitative estimate of drug-likeness (QED) is 0.363. The number of benzene rings is 1. The Bertz CT molecular complexity index is 656. The van der Waals surface area contributed by atoms with Crippen LogP contribution in [0.1, 0.15) is 5.56 Å². The number of halogens is 6. The van der Waals surface area contributed by atoms with Gasteiger partial charge < -0.3 is 4.18 Å². The van der Waals surface area contributed by atoms with Crippen LogP contribution in [0.25, 0.3) is 4.85 Å². The van der Waals surface area contributed by atoms with Crippen molar-refractivity contribution in [3.05, 3.63) is 35.2 Å². The van der Waals surface area contributed by atoms with E-state index in [-0.39, 0.29) is 6.07 Å². The third kappa shape index (κ3) is 3.32. The van der Waals surface area contributed by atoms with E-state index in [9.17, 15) is 34.8 Å². The summed E-state index contributed by atoms with van der Waals surface area (Å²) in [7, 11) is -6.23. The van der Waals surface area contributed by atoms with E-state index >= 15 is 0 Å². The van der Waals surface area contributed by atoms with E-state index in [4.69, 9.17) is 6.57 Å². The van der Waals surface area contributed by atoms with Crippen LogP contribution < -0.4 is 4.18 Å². The first-order valence-corrected chi connectivity index (χ1v) is 5.89. The Morgan fingerprint density at radius 3 is 2.05 bits per heavy atom. The molecule has 0 aliphatic rings. The Morgan fingerprint density at radius 1 is 1.10 bits per heavy atom. The molecule has 0 spiro atoms. The van der Waals surface area contributed by atoms with E-state index in [2.05, 4.69) is 9.03 Å². The van der Waals surface area contributed by atoms with Crippen LogP contribution in [-0.4, -0.2) is 13.9 Å². The second kappa shape index (κ2) is 4.86. The van der Waals surface area contributed by atoms with Crippen molar-refractivity contribution in [2.45, 2.75) is 11.7 Å². The first-order chi connectivity index (χ1) is 8.88. The minimum atomic E-state index is -6.23. The maximum atomic E-state index is 12.6. The second-order valence-corrected chi connectivity index (χ2v) is 4.81. The van der Waals surface area contributed by atoms with Gasteiger partial charge in [-0.15, -0.1) is 0 Å². The Labute approximate surface area is 108 Å². The van der Waals surface area contributed by atoms with Gasteiger partial charge in [0, 0.05) is 0 Å². The molecule has 0 aliphatic heterocycles. The highest BCUT2D eigenvalue weighted by atomic mass is 32.2. The summed E-state index contributed by atoms with van der Waals surface area (Å²) in [6.07, 6.45) is -5.18. The standard InChI is InChI=1S/C9H3F6NO3S/c1-16-5-2-3-7(6(4-5)8(10,11)12)19-20(17,18)9(13,14)15/h2-4H. The van der Waals surface area contributed by atoms with E-state index in [0.29, 0.717) is 12.1 Å². The molecule has 1 aromatic carbocycles. The van der Waals surface area contributed by atoms with Gasteiger partial charge in [0.15, 0.2) is 11.4 Å². The molecule has 0 fully saturated rings. The summed E-state index contributed by atoms with van der Waals surface area (Å²) in [5, 5.41) is 0. The van der Waals surface area contributed by atoms with E-state index in [1.807, 2.05) is 0 Å². The zero-order chi connectivity index (χ0) is 15.8. The highest BCUT2D eigenvalue weighted by Gasteiger charge is 2.49. The molecule has 0 radical (unpaired) electrons. The fourth-order valence-electron chi connectivity index (χ4n) is 1.05. The van der Waals surface area contributed by atoms with Gasteiger partial charge in [-0.1, -0.05) is 6.07 Å². The van der Waals surface area contributed by atoms with E-state index in [0.717, 1.165) is 0 Å². The fraction of sp³-hybridized carbons (Fsp3) is 0.222. The Balaban J connectivity index is 3.38. The third-order valence-corrected chi connectivity index (χ3v) is 2.85. The largest absolute Gasteiger partial charge is 0.534 e. The molecule has 20 heavy (non-hydrogen) atoms. The van der Waals surface area contributed by atoms with Crippen molar-refractivity contribution >= 4 is 15.8 Å². The second-order valence-electron chi connectivity index (χ2n) is 3.27. The van der Waals surface area contributed by atoms with E-state index < -0.39 is 38.8 Å². The average molecular weight is 319 g/mol. The van der Waals surface area contributed by atoms with Gasteiger partial charge in [-0.05, 0) is 12.1 Å². The average Bonchev–Trinajstić information content (AvgIpc) is 2.26. The van der Waals surface area contributed by atoms with Crippen LogP contribution in [-0.2, 0) is 16.3 Å². The molecule has 11 heteroatoms. The Kier molecular flexibility index (Phi) is 3.91. The number of hydrogen-bond acceptors (Lipinski definition) is 3. The summed E-state index contributed by atoms with van der Waals surface area (Å²) in [5.74, 6) is -1.55. The minimum Gasteiger partial charge on any atom is -0.375 e. The van der Waals surface area contributed by atoms with Crippen molar-refractivity contribution in [1.29, 1.82) is 0 Å². The van der Waals surface area contributed by atoms with Gasteiger partial charge in [0.2, 0.25) is 0 Å². The molecule has 0 saturated carbocycles. The summed E-state index contributed by atoms with van der Waals surface area (Å²) < 4.78 is 98.7. The third-order valence-electron chi connectivity index (χ3n) is 1.88. The van der Waals surface area contributed by atoms with Crippen LogP contribution in [0.3, 0.4) is 0 Å². The summed E-state index contributed by atoms with van der Waals surface area (Å²) in [6.45, 7) is 6.51. The lowest BCUT2D eigenvalue weighted by atomic mass is 10.2. The van der Waals surface area contributed by atoms with Crippen molar-refractivity contribution in [3.63, 3.8) is 0 Å². The molecular weight excluding hydrogens is 316 g/mol. The summed E-state index contributed by atoms with van der Waals surface area (Å²) >= 11 is 0. The summed E-state index contributed by atoms with van der Waals surface area (Å²) in [5.41, 5.74) is -8.19. The van der Waals surface area contributed by atoms with Crippen molar-refractivity contribution in [1.82, 2.24) is 0 Å². The van der Waals surface area contributed by atoms with Gasteiger partial charge in [0.25, 0.3) is 0 Å². The van der Waals surface area contributed by atoms with Gasteiger partial charge >= 0.3 is 21.8 Å². The predicted octanol–water partition coefficient (Wildman–Crippen LogP) is 3.48. The fourth-order valence-corrected chi connectivity index (χ4v) is 1.52. The van der Waals surface area contributed by atoms with Crippen molar-refractivity contribution in [3.8, 4) is 5.75 Å². The molecule has 1 rings (SSSR count). The van der Waals surface area contributed by atoms with Crippen LogP contribution in [0, 0.1) is 6.57 Å². The smallest absolute Gasteiger partial charge is 0.375 e. The van der Waals surface area contributed by atoms with Gasteiger partial charge in [-0.2, -0.15) is 34.8 Å². The SMILES string of the molecule is [C-]#[N+]c1ccc(OS(=O)(=O)C(F)(F)F)c(C(F)(F)F)c1. The van der Waals surface area contributed by atoms with Crippen molar-refractivity contribution < 1.29 is 38.9 Å². The normalized spacial score (nSPS) is 12.8. The van der Waals surface area contributed by atoms with Crippen LogP contribution in [0.4, 0.5) is 32.0 Å². The lowest BCUT2D eigenvalue weighted by molar-refractivity contribution is -0.138.